The van der Waals surface area contributed by atoms with E-state index < -0.39 is 0 Å². The van der Waals surface area contributed by atoms with Crippen LogP contribution in [-0.2, 0) is 0 Å². The van der Waals surface area contributed by atoms with Crippen molar-refractivity contribution in [2.24, 2.45) is 5.92 Å². The maximum atomic E-state index is 8.93. The van der Waals surface area contributed by atoms with Crippen molar-refractivity contribution >= 4 is 0 Å². The van der Waals surface area contributed by atoms with Crippen LogP contribution in [0.2, 0.25) is 0 Å². The molecule has 0 aromatic rings. The van der Waals surface area contributed by atoms with Gasteiger partial charge in [-0.1, -0.05) is 6.42 Å². The SMILES string of the molecule is N#CC(NN1CCCCC1)C1CC1. The molecule has 0 aromatic carbocycles. The van der Waals surface area contributed by atoms with E-state index in [1.807, 2.05) is 0 Å². The molecule has 0 aromatic heterocycles. The minimum atomic E-state index is 0.0816. The number of nitriles is 1. The van der Waals surface area contributed by atoms with Crippen LogP contribution >= 0.6 is 0 Å². The molecule has 0 bridgehead atoms. The second-order valence-corrected chi connectivity index (χ2v) is 4.12. The van der Waals surface area contributed by atoms with Crippen molar-refractivity contribution < 1.29 is 0 Å². The minimum Gasteiger partial charge on any atom is -0.243 e. The molecule has 3 nitrogen and oxygen atoms in total. The van der Waals surface area contributed by atoms with Crippen LogP contribution in [0.1, 0.15) is 32.1 Å². The summed E-state index contributed by atoms with van der Waals surface area (Å²) in [5, 5.41) is 11.2. The van der Waals surface area contributed by atoms with Crippen molar-refractivity contribution in [3.05, 3.63) is 0 Å². The predicted molar refractivity (Wildman–Crippen MR) is 50.7 cm³/mol. The second-order valence-electron chi connectivity index (χ2n) is 4.12. The molecule has 1 aliphatic carbocycles. The van der Waals surface area contributed by atoms with Gasteiger partial charge >= 0.3 is 0 Å². The van der Waals surface area contributed by atoms with Gasteiger partial charge in [-0.3, -0.25) is 0 Å². The molecule has 0 radical (unpaired) electrons. The highest BCUT2D eigenvalue weighted by molar-refractivity contribution is 4.99. The number of hydrogen-bond acceptors (Lipinski definition) is 3. The first kappa shape index (κ1) is 8.98. The maximum Gasteiger partial charge on any atom is 0.111 e. The normalized spacial score (nSPS) is 26.7. The van der Waals surface area contributed by atoms with Crippen LogP contribution in [0.5, 0.6) is 0 Å². The molecule has 13 heavy (non-hydrogen) atoms. The zero-order valence-corrected chi connectivity index (χ0v) is 8.00. The van der Waals surface area contributed by atoms with Crippen LogP contribution in [0.4, 0.5) is 0 Å². The molecule has 2 rings (SSSR count). The molecule has 1 heterocycles. The first-order chi connectivity index (χ1) is 6.40. The van der Waals surface area contributed by atoms with Gasteiger partial charge in [0, 0.05) is 13.1 Å². The van der Waals surface area contributed by atoms with Gasteiger partial charge in [-0.2, -0.15) is 5.26 Å². The third-order valence-electron chi connectivity index (χ3n) is 2.91. The van der Waals surface area contributed by atoms with Gasteiger partial charge in [-0.25, -0.2) is 10.4 Å². The lowest BCUT2D eigenvalue weighted by molar-refractivity contribution is 0.136. The summed E-state index contributed by atoms with van der Waals surface area (Å²) in [5.41, 5.74) is 3.34. The third kappa shape index (κ3) is 2.43. The molecule has 1 saturated carbocycles. The smallest absolute Gasteiger partial charge is 0.111 e. The molecule has 1 atom stereocenters. The lowest BCUT2D eigenvalue weighted by Gasteiger charge is -2.29. The first-order valence-electron chi connectivity index (χ1n) is 5.31. The van der Waals surface area contributed by atoms with Crippen molar-refractivity contribution in [3.63, 3.8) is 0 Å². The number of piperidine rings is 1. The highest BCUT2D eigenvalue weighted by Gasteiger charge is 2.32. The Morgan fingerprint density at radius 1 is 1.23 bits per heavy atom. The summed E-state index contributed by atoms with van der Waals surface area (Å²) < 4.78 is 0. The molecule has 0 spiro atoms. The van der Waals surface area contributed by atoms with E-state index in [4.69, 9.17) is 5.26 Å². The van der Waals surface area contributed by atoms with E-state index in [0.717, 1.165) is 13.1 Å². The fourth-order valence-electron chi connectivity index (χ4n) is 1.89. The van der Waals surface area contributed by atoms with E-state index in [-0.39, 0.29) is 6.04 Å². The van der Waals surface area contributed by atoms with Crippen LogP contribution in [0.15, 0.2) is 0 Å². The zero-order valence-electron chi connectivity index (χ0n) is 8.00. The average Bonchev–Trinajstić information content (AvgIpc) is 2.99. The third-order valence-corrected chi connectivity index (χ3v) is 2.91. The van der Waals surface area contributed by atoms with Crippen molar-refractivity contribution in [1.29, 1.82) is 5.26 Å². The highest BCUT2D eigenvalue weighted by Crippen LogP contribution is 2.32. The van der Waals surface area contributed by atoms with Crippen molar-refractivity contribution in [3.8, 4) is 6.07 Å². The summed E-state index contributed by atoms with van der Waals surface area (Å²) in [7, 11) is 0. The lowest BCUT2D eigenvalue weighted by atomic mass is 10.1. The van der Waals surface area contributed by atoms with Crippen LogP contribution in [0.3, 0.4) is 0 Å². The minimum absolute atomic E-state index is 0.0816. The number of rotatable bonds is 3. The van der Waals surface area contributed by atoms with E-state index in [2.05, 4.69) is 16.5 Å². The standard InChI is InChI=1S/C10H17N3/c11-8-10(9-4-5-9)12-13-6-2-1-3-7-13/h9-10,12H,1-7H2. The first-order valence-corrected chi connectivity index (χ1v) is 5.31. The monoisotopic (exact) mass is 179 g/mol. The molecule has 3 heteroatoms. The Bertz CT molecular complexity index is 199. The molecule has 1 aliphatic heterocycles. The Kier molecular flexibility index (Phi) is 2.82. The summed E-state index contributed by atoms with van der Waals surface area (Å²) in [5.74, 6) is 0.631. The Morgan fingerprint density at radius 2 is 1.92 bits per heavy atom. The summed E-state index contributed by atoms with van der Waals surface area (Å²) >= 11 is 0. The molecular formula is C10H17N3. The molecule has 0 amide bonds. The summed E-state index contributed by atoms with van der Waals surface area (Å²) in [6.45, 7) is 2.23. The van der Waals surface area contributed by atoms with Gasteiger partial charge in [-0.15, -0.1) is 0 Å². The van der Waals surface area contributed by atoms with E-state index >= 15 is 0 Å². The van der Waals surface area contributed by atoms with Gasteiger partial charge in [0.25, 0.3) is 0 Å². The molecular weight excluding hydrogens is 162 g/mol. The predicted octanol–water partition coefficient (Wildman–Crippen LogP) is 1.28. The lowest BCUT2D eigenvalue weighted by Crippen LogP contribution is -2.47. The van der Waals surface area contributed by atoms with Gasteiger partial charge in [-0.05, 0) is 31.6 Å². The summed E-state index contributed by atoms with van der Waals surface area (Å²) in [6.07, 6.45) is 6.36. The largest absolute Gasteiger partial charge is 0.243 e. The van der Waals surface area contributed by atoms with E-state index in [1.165, 1.54) is 32.1 Å². The van der Waals surface area contributed by atoms with E-state index in [9.17, 15) is 0 Å². The number of nitrogens with one attached hydrogen (secondary N) is 1. The van der Waals surface area contributed by atoms with Crippen LogP contribution in [-0.4, -0.2) is 24.1 Å². The maximum absolute atomic E-state index is 8.93. The van der Waals surface area contributed by atoms with E-state index in [1.54, 1.807) is 0 Å². The fraction of sp³-hybridized carbons (Fsp3) is 0.900. The van der Waals surface area contributed by atoms with Gasteiger partial charge in [0.05, 0.1) is 6.07 Å². The Morgan fingerprint density at radius 3 is 2.46 bits per heavy atom. The van der Waals surface area contributed by atoms with Crippen molar-refractivity contribution in [2.45, 2.75) is 38.1 Å². The van der Waals surface area contributed by atoms with E-state index in [0.29, 0.717) is 5.92 Å². The highest BCUT2D eigenvalue weighted by atomic mass is 15.5. The average molecular weight is 179 g/mol. The fourth-order valence-corrected chi connectivity index (χ4v) is 1.89. The number of hydrogen-bond donors (Lipinski definition) is 1. The molecule has 72 valence electrons. The summed E-state index contributed by atoms with van der Waals surface area (Å²) in [6, 6.07) is 2.44. The molecule has 1 N–H and O–H groups in total. The van der Waals surface area contributed by atoms with Gasteiger partial charge in [0.15, 0.2) is 0 Å². The topological polar surface area (TPSA) is 39.1 Å². The Hall–Kier alpha value is -0.590. The van der Waals surface area contributed by atoms with Crippen LogP contribution < -0.4 is 5.43 Å². The van der Waals surface area contributed by atoms with Crippen molar-refractivity contribution in [1.82, 2.24) is 10.4 Å². The van der Waals surface area contributed by atoms with Crippen LogP contribution in [0, 0.1) is 17.2 Å². The molecule has 2 fully saturated rings. The van der Waals surface area contributed by atoms with Gasteiger partial charge < -0.3 is 0 Å². The van der Waals surface area contributed by atoms with Crippen LogP contribution in [0.25, 0.3) is 0 Å². The second kappa shape index (κ2) is 4.08. The Balaban J connectivity index is 1.77. The molecule has 1 saturated heterocycles. The number of hydrazine groups is 1. The Labute approximate surface area is 79.7 Å². The zero-order chi connectivity index (χ0) is 9.10. The quantitative estimate of drug-likeness (QED) is 0.709. The van der Waals surface area contributed by atoms with Gasteiger partial charge in [0.1, 0.15) is 6.04 Å². The molecule has 2 aliphatic rings. The van der Waals surface area contributed by atoms with Gasteiger partial charge in [0.2, 0.25) is 0 Å². The molecule has 1 unspecified atom stereocenters. The number of nitrogens with zero attached hydrogens (tertiary/aromatic N) is 2. The van der Waals surface area contributed by atoms with Crippen molar-refractivity contribution in [2.75, 3.05) is 13.1 Å². The summed E-state index contributed by atoms with van der Waals surface area (Å²) in [4.78, 5) is 0.